The Morgan fingerprint density at radius 2 is 2.12 bits per heavy atom. The number of para-hydroxylation sites is 1. The number of nitriles is 1. The van der Waals surface area contributed by atoms with Crippen LogP contribution in [-0.4, -0.2) is 44.1 Å². The molecule has 0 spiro atoms. The van der Waals surface area contributed by atoms with Crippen LogP contribution in [0.4, 0.5) is 0 Å². The van der Waals surface area contributed by atoms with Gasteiger partial charge in [-0.25, -0.2) is 4.98 Å². The molecule has 2 aromatic heterocycles. The van der Waals surface area contributed by atoms with Crippen LogP contribution in [0.1, 0.15) is 35.7 Å². The molecule has 0 saturated carbocycles. The van der Waals surface area contributed by atoms with E-state index in [0.29, 0.717) is 17.7 Å². The number of fused-ring (bicyclic) bond motifs is 2. The highest BCUT2D eigenvalue weighted by molar-refractivity contribution is 5.98. The van der Waals surface area contributed by atoms with Crippen molar-refractivity contribution in [1.82, 2.24) is 19.0 Å². The number of carbonyl (C=O) groups excluding carboxylic acids is 1. The monoisotopic (exact) mass is 426 g/mol. The molecule has 0 bridgehead atoms. The van der Waals surface area contributed by atoms with Crippen molar-refractivity contribution < 1.29 is 4.79 Å². The minimum atomic E-state index is 0.00980. The number of benzene rings is 2. The molecular weight excluding hydrogens is 400 g/mol. The highest BCUT2D eigenvalue weighted by Gasteiger charge is 2.24. The van der Waals surface area contributed by atoms with Gasteiger partial charge in [-0.15, -0.1) is 0 Å². The van der Waals surface area contributed by atoms with Crippen LogP contribution >= 0.6 is 0 Å². The number of likely N-dealkylation sites (tertiary alicyclic amines) is 1. The van der Waals surface area contributed by atoms with Gasteiger partial charge in [-0.05, 0) is 50.1 Å². The van der Waals surface area contributed by atoms with Gasteiger partial charge in [-0.3, -0.25) is 4.79 Å². The summed E-state index contributed by atoms with van der Waals surface area (Å²) in [5.74, 6) is 0.821. The lowest BCUT2D eigenvalue weighted by Gasteiger charge is -2.30. The molecule has 7 nitrogen and oxygen atoms in total. The van der Waals surface area contributed by atoms with Crippen LogP contribution in [0.25, 0.3) is 33.5 Å². The number of nitrogens with zero attached hydrogens (tertiary/aromatic N) is 5. The fourth-order valence-corrected chi connectivity index (χ4v) is 4.87. The minimum Gasteiger partial charge on any atom is -0.337 e. The van der Waals surface area contributed by atoms with Crippen LogP contribution in [0.15, 0.2) is 42.5 Å². The highest BCUT2D eigenvalue weighted by atomic mass is 16.2. The van der Waals surface area contributed by atoms with Crippen LogP contribution in [0, 0.1) is 11.3 Å². The molecule has 7 heteroatoms. The Bertz CT molecular complexity index is 1390. The summed E-state index contributed by atoms with van der Waals surface area (Å²) in [5.41, 5.74) is 11.0. The Balaban J connectivity index is 1.60. The summed E-state index contributed by atoms with van der Waals surface area (Å²) in [6, 6.07) is 15.9. The van der Waals surface area contributed by atoms with Crippen molar-refractivity contribution in [2.24, 2.45) is 12.8 Å². The Hall–Kier alpha value is -3.63. The van der Waals surface area contributed by atoms with Crippen LogP contribution < -0.4 is 5.73 Å². The summed E-state index contributed by atoms with van der Waals surface area (Å²) in [7, 11) is 1.98. The maximum absolute atomic E-state index is 13.0. The molecule has 4 aromatic rings. The maximum Gasteiger partial charge on any atom is 0.253 e. The number of imidazole rings is 1. The summed E-state index contributed by atoms with van der Waals surface area (Å²) in [6.07, 6.45) is 1.90. The molecule has 1 fully saturated rings. The predicted octanol–water partition coefficient (Wildman–Crippen LogP) is 3.65. The Kier molecular flexibility index (Phi) is 4.95. The van der Waals surface area contributed by atoms with Gasteiger partial charge in [0.25, 0.3) is 5.91 Å². The normalized spacial score (nSPS) is 16.6. The molecule has 2 aromatic carbocycles. The van der Waals surface area contributed by atoms with E-state index in [4.69, 9.17) is 10.7 Å². The van der Waals surface area contributed by atoms with Crippen LogP contribution in [0.2, 0.25) is 0 Å². The standard InChI is InChI=1S/C25H26N6O/c1-3-31-22(13-16-6-4-7-18(14-26)23(16)31)24-28-20-12-17(9-10-21(20)29(24)2)25(32)30-11-5-8-19(27)15-30/h4,6-7,9-10,12-13,19H,3,5,8,11,15,27H2,1-2H3. The average Bonchev–Trinajstić information content (AvgIpc) is 3.35. The zero-order valence-electron chi connectivity index (χ0n) is 18.4. The van der Waals surface area contributed by atoms with Gasteiger partial charge >= 0.3 is 0 Å². The van der Waals surface area contributed by atoms with E-state index in [9.17, 15) is 10.1 Å². The summed E-state index contributed by atoms with van der Waals surface area (Å²) in [4.78, 5) is 19.8. The molecule has 1 unspecified atom stereocenters. The van der Waals surface area contributed by atoms with Gasteiger partial charge in [0.05, 0.1) is 27.8 Å². The topological polar surface area (TPSA) is 92.9 Å². The zero-order chi connectivity index (χ0) is 22.4. The van der Waals surface area contributed by atoms with Crippen molar-refractivity contribution >= 4 is 27.8 Å². The summed E-state index contributed by atoms with van der Waals surface area (Å²) < 4.78 is 4.18. The van der Waals surface area contributed by atoms with E-state index in [0.717, 1.165) is 59.4 Å². The third-order valence-corrected chi connectivity index (χ3v) is 6.46. The third-order valence-electron chi connectivity index (χ3n) is 6.46. The maximum atomic E-state index is 13.0. The molecule has 3 heterocycles. The van der Waals surface area contributed by atoms with Gasteiger partial charge in [-0.2, -0.15) is 5.26 Å². The fourth-order valence-electron chi connectivity index (χ4n) is 4.87. The molecule has 1 saturated heterocycles. The van der Waals surface area contributed by atoms with E-state index in [2.05, 4.69) is 23.6 Å². The lowest BCUT2D eigenvalue weighted by atomic mass is 10.1. The number of hydrogen-bond acceptors (Lipinski definition) is 4. The molecule has 1 aliphatic rings. The SMILES string of the molecule is CCn1c(-c2nc3cc(C(=O)N4CCCC(N)C4)ccc3n2C)cc2cccc(C#N)c21. The highest BCUT2D eigenvalue weighted by Crippen LogP contribution is 2.32. The molecule has 0 radical (unpaired) electrons. The molecule has 1 amide bonds. The van der Waals surface area contributed by atoms with Gasteiger partial charge in [0, 0.05) is 43.7 Å². The first kappa shape index (κ1) is 20.3. The van der Waals surface area contributed by atoms with Crippen molar-refractivity contribution in [3.8, 4) is 17.6 Å². The second-order valence-electron chi connectivity index (χ2n) is 8.48. The second-order valence-corrected chi connectivity index (χ2v) is 8.48. The van der Waals surface area contributed by atoms with E-state index < -0.39 is 0 Å². The minimum absolute atomic E-state index is 0.00980. The Morgan fingerprint density at radius 1 is 1.28 bits per heavy atom. The Morgan fingerprint density at radius 3 is 2.88 bits per heavy atom. The van der Waals surface area contributed by atoms with E-state index >= 15 is 0 Å². The van der Waals surface area contributed by atoms with Crippen molar-refractivity contribution in [3.05, 3.63) is 53.6 Å². The third kappa shape index (κ3) is 3.15. The molecule has 0 aliphatic carbocycles. The lowest BCUT2D eigenvalue weighted by molar-refractivity contribution is 0.0709. The number of piperidine rings is 1. The lowest BCUT2D eigenvalue weighted by Crippen LogP contribution is -2.45. The number of aryl methyl sites for hydroxylation is 2. The van der Waals surface area contributed by atoms with Gasteiger partial charge in [-0.1, -0.05) is 12.1 Å². The predicted molar refractivity (Wildman–Crippen MR) is 125 cm³/mol. The summed E-state index contributed by atoms with van der Waals surface area (Å²) >= 11 is 0. The zero-order valence-corrected chi connectivity index (χ0v) is 18.4. The van der Waals surface area contributed by atoms with E-state index in [1.54, 1.807) is 0 Å². The first-order chi connectivity index (χ1) is 15.5. The molecule has 5 rings (SSSR count). The summed E-state index contributed by atoms with van der Waals surface area (Å²) in [5, 5.41) is 10.6. The number of carbonyl (C=O) groups is 1. The molecule has 1 atom stereocenters. The number of aromatic nitrogens is 3. The first-order valence-electron chi connectivity index (χ1n) is 11.1. The van der Waals surface area contributed by atoms with Crippen molar-refractivity contribution in [3.63, 3.8) is 0 Å². The molecule has 1 aliphatic heterocycles. The van der Waals surface area contributed by atoms with Crippen molar-refractivity contribution in [1.29, 1.82) is 5.26 Å². The summed E-state index contributed by atoms with van der Waals surface area (Å²) in [6.45, 7) is 4.14. The van der Waals surface area contributed by atoms with Gasteiger partial charge < -0.3 is 19.8 Å². The van der Waals surface area contributed by atoms with Crippen molar-refractivity contribution in [2.45, 2.75) is 32.4 Å². The van der Waals surface area contributed by atoms with Gasteiger partial charge in [0.1, 0.15) is 6.07 Å². The first-order valence-corrected chi connectivity index (χ1v) is 11.1. The van der Waals surface area contributed by atoms with Crippen LogP contribution in [0.5, 0.6) is 0 Å². The number of nitrogens with two attached hydrogens (primary N) is 1. The molecule has 2 N–H and O–H groups in total. The second kappa shape index (κ2) is 7.81. The van der Waals surface area contributed by atoms with Gasteiger partial charge in [0.2, 0.25) is 0 Å². The van der Waals surface area contributed by atoms with Crippen molar-refractivity contribution in [2.75, 3.05) is 13.1 Å². The average molecular weight is 427 g/mol. The van der Waals surface area contributed by atoms with Gasteiger partial charge in [0.15, 0.2) is 5.82 Å². The number of hydrogen-bond donors (Lipinski definition) is 1. The molecule has 162 valence electrons. The van der Waals surface area contributed by atoms with E-state index in [-0.39, 0.29) is 11.9 Å². The van der Waals surface area contributed by atoms with E-state index in [1.807, 2.05) is 52.9 Å². The Labute approximate surface area is 186 Å². The van der Waals surface area contributed by atoms with Crippen LogP contribution in [0.3, 0.4) is 0 Å². The quantitative estimate of drug-likeness (QED) is 0.541. The van der Waals surface area contributed by atoms with Crippen LogP contribution in [-0.2, 0) is 13.6 Å². The number of amides is 1. The van der Waals surface area contributed by atoms with E-state index in [1.165, 1.54) is 0 Å². The largest absolute Gasteiger partial charge is 0.337 e. The fraction of sp³-hybridized carbons (Fsp3) is 0.320. The smallest absolute Gasteiger partial charge is 0.253 e. The number of rotatable bonds is 3. The molecular formula is C25H26N6O. The molecule has 32 heavy (non-hydrogen) atoms.